The van der Waals surface area contributed by atoms with E-state index in [2.05, 4.69) is 48.5 Å². The van der Waals surface area contributed by atoms with Gasteiger partial charge in [-0.2, -0.15) is 9.40 Å². The maximum Gasteiger partial charge on any atom is 0.277 e. The second-order valence-electron chi connectivity index (χ2n) is 15.1. The van der Waals surface area contributed by atoms with E-state index < -0.39 is 34.6 Å². The molecule has 4 aromatic rings. The van der Waals surface area contributed by atoms with Gasteiger partial charge in [0.05, 0.1) is 47.4 Å². The molecule has 2 aromatic heterocycles. The van der Waals surface area contributed by atoms with E-state index in [1.54, 1.807) is 36.4 Å². The lowest BCUT2D eigenvalue weighted by Gasteiger charge is -2.40. The Hall–Kier alpha value is -3.61. The van der Waals surface area contributed by atoms with Crippen LogP contribution < -0.4 is 15.0 Å². The molecule has 54 heavy (non-hydrogen) atoms. The molecule has 0 amide bonds. The maximum atomic E-state index is 14.1. The number of sulfonamides is 2. The van der Waals surface area contributed by atoms with E-state index in [0.29, 0.717) is 73.0 Å². The summed E-state index contributed by atoms with van der Waals surface area (Å²) in [6.07, 6.45) is 3.11. The number of ether oxygens (including phenoxy) is 1. The lowest BCUT2D eigenvalue weighted by Crippen LogP contribution is -2.52. The number of H-pyrrole nitrogens is 1. The van der Waals surface area contributed by atoms with Gasteiger partial charge in [0.15, 0.2) is 5.52 Å². The van der Waals surface area contributed by atoms with Gasteiger partial charge in [0.2, 0.25) is 29.1 Å². The summed E-state index contributed by atoms with van der Waals surface area (Å²) in [5, 5.41) is 4.76. The molecule has 295 valence electrons. The highest BCUT2D eigenvalue weighted by Gasteiger charge is 2.33. The van der Waals surface area contributed by atoms with Gasteiger partial charge in [0.25, 0.3) is 5.56 Å². The third kappa shape index (κ3) is 9.97. The maximum absolute atomic E-state index is 14.1. The lowest BCUT2D eigenvalue weighted by atomic mass is 9.89. The fourth-order valence-corrected chi connectivity index (χ4v) is 9.46. The second kappa shape index (κ2) is 17.0. The van der Waals surface area contributed by atoms with Crippen molar-refractivity contribution in [1.82, 2.24) is 29.0 Å². The lowest BCUT2D eigenvalue weighted by molar-refractivity contribution is 0.0378. The number of hydrogen-bond acceptors (Lipinski definition) is 10. The standard InChI is InChI=1S/C37H54N7O7S2Si/c1-9-13-30-33-34(44(40-30)24-26-14-11-12-15-29(26)41-52(6,46)47)36(45)39-35(38-33)28-23-27(16-17-31(28)50-22-10-2)53(48,49)43-20-18-42(19-21-43)25-32(37(3,4)5)51-54(7)8/h11-12,14-17,23,32,41H,9-10,13,18-22,24-25H2,1-8H3,(H,38,39,45). The van der Waals surface area contributed by atoms with E-state index in [9.17, 15) is 21.6 Å². The molecule has 17 heteroatoms. The fraction of sp³-hybridized carbons (Fsp3) is 0.541. The molecule has 1 atom stereocenters. The molecular weight excluding hydrogens is 747 g/mol. The topological polar surface area (TPSA) is 169 Å². The number of rotatable bonds is 16. The number of aromatic amines is 1. The van der Waals surface area contributed by atoms with Gasteiger partial charge in [-0.05, 0) is 61.2 Å². The van der Waals surface area contributed by atoms with Crippen LogP contribution in [-0.4, -0.2) is 107 Å². The van der Waals surface area contributed by atoms with Crippen LogP contribution in [0.4, 0.5) is 5.69 Å². The molecule has 2 aromatic carbocycles. The van der Waals surface area contributed by atoms with Gasteiger partial charge in [-0.3, -0.25) is 19.1 Å². The first-order valence-corrected chi connectivity index (χ1v) is 24.2. The van der Waals surface area contributed by atoms with Crippen LogP contribution in [0.5, 0.6) is 5.75 Å². The third-order valence-corrected chi connectivity index (χ3v) is 12.4. The quantitative estimate of drug-likeness (QED) is 0.148. The molecule has 1 saturated heterocycles. The molecule has 5 rings (SSSR count). The summed E-state index contributed by atoms with van der Waals surface area (Å²) in [7, 11) is -8.37. The van der Waals surface area contributed by atoms with Gasteiger partial charge >= 0.3 is 0 Å². The Kier molecular flexibility index (Phi) is 13.1. The van der Waals surface area contributed by atoms with Crippen LogP contribution >= 0.6 is 0 Å². The SMILES string of the molecule is CCCOc1ccc(S(=O)(=O)N2CCN(CC(O[Si](C)C)C(C)(C)C)CC2)cc1-c1nc2c(CCC)nn(Cc3ccccc3NS(C)(=O)=O)c2c(=O)[nH]1. The number of benzene rings is 2. The second-order valence-corrected chi connectivity index (χ2v) is 20.8. The van der Waals surface area contributed by atoms with Crippen molar-refractivity contribution in [2.75, 3.05) is 50.3 Å². The van der Waals surface area contributed by atoms with Gasteiger partial charge in [0, 0.05) is 32.7 Å². The molecule has 14 nitrogen and oxygen atoms in total. The van der Waals surface area contributed by atoms with Crippen molar-refractivity contribution >= 4 is 45.8 Å². The average molecular weight is 801 g/mol. The molecule has 0 saturated carbocycles. The van der Waals surface area contributed by atoms with Crippen LogP contribution in [0, 0.1) is 5.41 Å². The number of aryl methyl sites for hydroxylation is 1. The Morgan fingerprint density at radius 3 is 2.33 bits per heavy atom. The number of hydrogen-bond donors (Lipinski definition) is 2. The van der Waals surface area contributed by atoms with Crippen molar-refractivity contribution in [3.8, 4) is 17.1 Å². The minimum atomic E-state index is -3.91. The van der Waals surface area contributed by atoms with Crippen molar-refractivity contribution in [1.29, 1.82) is 0 Å². The Labute approximate surface area is 321 Å². The van der Waals surface area contributed by atoms with Gasteiger partial charge in [-0.15, -0.1) is 0 Å². The third-order valence-electron chi connectivity index (χ3n) is 9.19. The minimum Gasteiger partial charge on any atom is -0.493 e. The van der Waals surface area contributed by atoms with Crippen LogP contribution in [0.25, 0.3) is 22.4 Å². The predicted molar refractivity (Wildman–Crippen MR) is 214 cm³/mol. The number of nitrogens with one attached hydrogen (secondary N) is 2. The zero-order valence-corrected chi connectivity index (χ0v) is 35.2. The highest BCUT2D eigenvalue weighted by molar-refractivity contribution is 7.92. The molecular formula is C37H54N7O7S2Si. The molecule has 3 heterocycles. The highest BCUT2D eigenvalue weighted by atomic mass is 32.2. The van der Waals surface area contributed by atoms with Gasteiger partial charge in [0.1, 0.15) is 17.1 Å². The Balaban J connectivity index is 1.49. The Morgan fingerprint density at radius 1 is 1.00 bits per heavy atom. The molecule has 1 aliphatic rings. The Bertz CT molecular complexity index is 2210. The molecule has 2 N–H and O–H groups in total. The van der Waals surface area contributed by atoms with Crippen molar-refractivity contribution in [2.45, 2.75) is 84.5 Å². The first kappa shape index (κ1) is 41.5. The number of piperazine rings is 1. The summed E-state index contributed by atoms with van der Waals surface area (Å²) in [6.45, 7) is 17.8. The van der Waals surface area contributed by atoms with E-state index in [1.165, 1.54) is 15.1 Å². The predicted octanol–water partition coefficient (Wildman–Crippen LogP) is 4.94. The molecule has 0 spiro atoms. The molecule has 0 bridgehead atoms. The van der Waals surface area contributed by atoms with Crippen LogP contribution in [-0.2, 0) is 37.4 Å². The molecule has 1 fully saturated rings. The first-order chi connectivity index (χ1) is 25.4. The van der Waals surface area contributed by atoms with Crippen molar-refractivity contribution in [3.05, 3.63) is 64.1 Å². The molecule has 1 radical (unpaired) electrons. The van der Waals surface area contributed by atoms with Crippen molar-refractivity contribution in [3.63, 3.8) is 0 Å². The number of anilines is 1. The first-order valence-electron chi connectivity index (χ1n) is 18.4. The summed E-state index contributed by atoms with van der Waals surface area (Å²) in [5.74, 6) is 0.562. The molecule has 0 aliphatic carbocycles. The van der Waals surface area contributed by atoms with E-state index in [0.717, 1.165) is 25.6 Å². The summed E-state index contributed by atoms with van der Waals surface area (Å²) < 4.78 is 70.4. The smallest absolute Gasteiger partial charge is 0.277 e. The average Bonchev–Trinajstić information content (AvgIpc) is 3.44. The highest BCUT2D eigenvalue weighted by Crippen LogP contribution is 2.33. The zero-order chi connectivity index (χ0) is 39.4. The van der Waals surface area contributed by atoms with Crippen molar-refractivity contribution in [2.24, 2.45) is 5.41 Å². The zero-order valence-electron chi connectivity index (χ0n) is 32.6. The number of fused-ring (bicyclic) bond motifs is 1. The Morgan fingerprint density at radius 2 is 1.70 bits per heavy atom. The molecule has 1 unspecified atom stereocenters. The minimum absolute atomic E-state index is 0.0416. The summed E-state index contributed by atoms with van der Waals surface area (Å²) in [6, 6.07) is 11.6. The van der Waals surface area contributed by atoms with E-state index in [4.69, 9.17) is 19.2 Å². The summed E-state index contributed by atoms with van der Waals surface area (Å²) in [5.41, 5.74) is 2.04. The van der Waals surface area contributed by atoms with Crippen LogP contribution in [0.2, 0.25) is 13.1 Å². The monoisotopic (exact) mass is 800 g/mol. The van der Waals surface area contributed by atoms with E-state index in [-0.39, 0.29) is 34.3 Å². The largest absolute Gasteiger partial charge is 0.493 e. The van der Waals surface area contributed by atoms with Crippen LogP contribution in [0.3, 0.4) is 0 Å². The molecule has 1 aliphatic heterocycles. The summed E-state index contributed by atoms with van der Waals surface area (Å²) in [4.78, 5) is 24.1. The number of para-hydroxylation sites is 1. The van der Waals surface area contributed by atoms with Gasteiger partial charge < -0.3 is 14.1 Å². The fourth-order valence-electron chi connectivity index (χ4n) is 6.42. The van der Waals surface area contributed by atoms with Gasteiger partial charge in [-0.1, -0.05) is 59.2 Å². The van der Waals surface area contributed by atoms with E-state index >= 15 is 0 Å². The van der Waals surface area contributed by atoms with Gasteiger partial charge in [-0.25, -0.2) is 21.8 Å². The summed E-state index contributed by atoms with van der Waals surface area (Å²) >= 11 is 0. The number of aromatic nitrogens is 4. The van der Waals surface area contributed by atoms with E-state index in [1.807, 2.05) is 13.8 Å². The number of nitrogens with zero attached hydrogens (tertiary/aromatic N) is 5. The van der Waals surface area contributed by atoms with Crippen LogP contribution in [0.1, 0.15) is 58.7 Å². The van der Waals surface area contributed by atoms with Crippen LogP contribution in [0.15, 0.2) is 52.2 Å². The normalized spacial score (nSPS) is 15.6. The van der Waals surface area contributed by atoms with Crippen molar-refractivity contribution < 1.29 is 26.0 Å².